The first-order chi connectivity index (χ1) is 16.9. The number of methoxy groups -OCH3 is 1. The summed E-state index contributed by atoms with van der Waals surface area (Å²) in [6.07, 6.45) is 3.77. The number of thiol groups is 1. The lowest BCUT2D eigenvalue weighted by molar-refractivity contribution is -0.114. The van der Waals surface area contributed by atoms with Gasteiger partial charge in [0.2, 0.25) is 11.8 Å². The van der Waals surface area contributed by atoms with Gasteiger partial charge in [0.05, 0.1) is 18.3 Å². The number of amides is 2. The molecule has 11 heteroatoms. The Labute approximate surface area is 216 Å². The fourth-order valence-corrected chi connectivity index (χ4v) is 5.28. The average Bonchev–Trinajstić information content (AvgIpc) is 3.32. The largest absolute Gasteiger partial charge is 0.481 e. The molecule has 4 rings (SSSR count). The number of hydrogen-bond donors (Lipinski definition) is 3. The van der Waals surface area contributed by atoms with Gasteiger partial charge in [0.25, 0.3) is 5.91 Å². The number of nitrogens with one attached hydrogen (secondary N) is 2. The van der Waals surface area contributed by atoms with E-state index in [0.717, 1.165) is 48.4 Å². The van der Waals surface area contributed by atoms with Crippen molar-refractivity contribution in [2.75, 3.05) is 42.7 Å². The highest BCUT2D eigenvalue weighted by Crippen LogP contribution is 2.31. The normalized spacial score (nSPS) is 15.3. The van der Waals surface area contributed by atoms with Crippen LogP contribution in [0, 0.1) is 0 Å². The molecule has 1 saturated heterocycles. The van der Waals surface area contributed by atoms with Gasteiger partial charge < -0.3 is 20.3 Å². The molecule has 1 fully saturated rings. The van der Waals surface area contributed by atoms with Crippen molar-refractivity contribution in [2.24, 2.45) is 0 Å². The topological polar surface area (TPSA) is 109 Å². The molecule has 188 valence electrons. The summed E-state index contributed by atoms with van der Waals surface area (Å²) in [7, 11) is 1.62. The third-order valence-electron chi connectivity index (χ3n) is 5.59. The second-order valence-corrected chi connectivity index (χ2v) is 10.0. The lowest BCUT2D eigenvalue weighted by Crippen LogP contribution is -2.26. The number of fused-ring (bicyclic) bond motifs is 1. The summed E-state index contributed by atoms with van der Waals surface area (Å²) in [6, 6.07) is 9.02. The molecule has 4 heterocycles. The monoisotopic (exact) mass is 516 g/mol. The molecule has 1 aliphatic rings. The minimum Gasteiger partial charge on any atom is -0.481 e. The smallest absolute Gasteiger partial charge is 0.269 e. The second-order valence-electron chi connectivity index (χ2n) is 8.13. The quantitative estimate of drug-likeness (QED) is 0.290. The van der Waals surface area contributed by atoms with E-state index in [1.165, 1.54) is 6.92 Å². The number of hydrogen-bond acceptors (Lipinski definition) is 9. The van der Waals surface area contributed by atoms with E-state index in [2.05, 4.69) is 43.1 Å². The summed E-state index contributed by atoms with van der Waals surface area (Å²) >= 11 is 6.19. The highest BCUT2D eigenvalue weighted by Gasteiger charge is 2.24. The van der Waals surface area contributed by atoms with Crippen molar-refractivity contribution in [3.8, 4) is 5.88 Å². The Morgan fingerprint density at radius 3 is 2.91 bits per heavy atom. The van der Waals surface area contributed by atoms with E-state index in [9.17, 15) is 9.59 Å². The number of nitrogens with zero attached hydrogens (tertiary/aromatic N) is 4. The van der Waals surface area contributed by atoms with Crippen LogP contribution in [0.4, 0.5) is 11.5 Å². The molecular weight excluding hydrogens is 484 g/mol. The van der Waals surface area contributed by atoms with Crippen LogP contribution in [0.3, 0.4) is 0 Å². The number of thioether (sulfide) groups is 1. The number of carbonyl (C=O) groups is 2. The molecule has 1 atom stereocenters. The summed E-state index contributed by atoms with van der Waals surface area (Å²) in [6.45, 7) is 3.85. The molecule has 9 nitrogen and oxygen atoms in total. The SMILES string of the molecule is COc1ccc2nccc(N3CCC(SCCCNC(=O)c4ccc(S)c(NC(C)=O)n4)C3)c2n1.[HH].[HH]. The molecule has 3 aromatic rings. The van der Waals surface area contributed by atoms with Crippen LogP contribution in [0.5, 0.6) is 5.88 Å². The molecule has 0 aromatic carbocycles. The summed E-state index contributed by atoms with van der Waals surface area (Å²) < 4.78 is 5.29. The van der Waals surface area contributed by atoms with Crippen molar-refractivity contribution < 1.29 is 17.2 Å². The molecule has 0 aliphatic carbocycles. The minimum absolute atomic E-state index is 0. The van der Waals surface area contributed by atoms with Gasteiger partial charge in [0.1, 0.15) is 17.0 Å². The maximum atomic E-state index is 12.4. The van der Waals surface area contributed by atoms with E-state index in [0.29, 0.717) is 22.6 Å². The van der Waals surface area contributed by atoms with Crippen molar-refractivity contribution in [1.29, 1.82) is 0 Å². The van der Waals surface area contributed by atoms with Gasteiger partial charge in [-0.2, -0.15) is 11.8 Å². The summed E-state index contributed by atoms with van der Waals surface area (Å²) in [4.78, 5) is 39.8. The van der Waals surface area contributed by atoms with Gasteiger partial charge in [-0.1, -0.05) is 0 Å². The summed E-state index contributed by atoms with van der Waals surface area (Å²) in [5, 5.41) is 6.00. The molecule has 0 spiro atoms. The standard InChI is InChI=1S/C24H28N6O3S2.2H2/c1-15(31)27-23-20(34)6-4-18(28-23)24(32)26-10-3-13-35-16-9-12-30(14-16)19-8-11-25-17-5-7-21(33-2)29-22(17)19;;/h4-8,11,16,34H,3,9-10,12-14H2,1-2H3,(H,26,32)(H,27,28,31);2*1H. The van der Waals surface area contributed by atoms with Crippen LogP contribution < -0.4 is 20.3 Å². The second kappa shape index (κ2) is 11.6. The number of rotatable bonds is 9. The van der Waals surface area contributed by atoms with E-state index < -0.39 is 0 Å². The van der Waals surface area contributed by atoms with Gasteiger partial charge >= 0.3 is 0 Å². The first-order valence-corrected chi connectivity index (χ1v) is 12.9. The molecule has 2 amide bonds. The van der Waals surface area contributed by atoms with Gasteiger partial charge in [-0.05, 0) is 42.9 Å². The van der Waals surface area contributed by atoms with Gasteiger partial charge in [0, 0.05) is 51.8 Å². The molecule has 3 aromatic heterocycles. The summed E-state index contributed by atoms with van der Waals surface area (Å²) in [5.41, 5.74) is 3.06. The van der Waals surface area contributed by atoms with E-state index in [4.69, 9.17) is 4.74 Å². The molecule has 2 N–H and O–H groups in total. The van der Waals surface area contributed by atoms with Gasteiger partial charge in [-0.15, -0.1) is 12.6 Å². The molecule has 0 radical (unpaired) electrons. The van der Waals surface area contributed by atoms with Crippen LogP contribution in [0.2, 0.25) is 0 Å². The van der Waals surface area contributed by atoms with E-state index in [-0.39, 0.29) is 26.2 Å². The number of ether oxygens (including phenoxy) is 1. The van der Waals surface area contributed by atoms with Crippen LogP contribution in [0.1, 0.15) is 33.1 Å². The van der Waals surface area contributed by atoms with E-state index in [1.54, 1.807) is 19.2 Å². The highest BCUT2D eigenvalue weighted by molar-refractivity contribution is 7.99. The van der Waals surface area contributed by atoms with Crippen molar-refractivity contribution in [1.82, 2.24) is 20.3 Å². The van der Waals surface area contributed by atoms with Gasteiger partial charge in [-0.25, -0.2) is 9.97 Å². The Morgan fingerprint density at radius 2 is 2.11 bits per heavy atom. The molecule has 0 saturated carbocycles. The Morgan fingerprint density at radius 1 is 1.26 bits per heavy atom. The predicted octanol–water partition coefficient (Wildman–Crippen LogP) is 3.90. The number of pyridine rings is 3. The van der Waals surface area contributed by atoms with E-state index >= 15 is 0 Å². The first kappa shape index (κ1) is 25.1. The van der Waals surface area contributed by atoms with Gasteiger partial charge in [0.15, 0.2) is 0 Å². The zero-order chi connectivity index (χ0) is 24.8. The lowest BCUT2D eigenvalue weighted by atomic mass is 10.2. The number of carbonyl (C=O) groups excluding carboxylic acids is 2. The zero-order valence-corrected chi connectivity index (χ0v) is 21.4. The van der Waals surface area contributed by atoms with Crippen LogP contribution in [-0.2, 0) is 4.79 Å². The van der Waals surface area contributed by atoms with E-state index in [1.807, 2.05) is 36.2 Å². The minimum atomic E-state index is -0.269. The van der Waals surface area contributed by atoms with Gasteiger partial charge in [-0.3, -0.25) is 14.6 Å². The Hall–Kier alpha value is -3.05. The maximum absolute atomic E-state index is 12.4. The fraction of sp³-hybridized carbons (Fsp3) is 0.375. The third-order valence-corrected chi connectivity index (χ3v) is 7.33. The van der Waals surface area contributed by atoms with Crippen LogP contribution in [0.25, 0.3) is 11.0 Å². The Bertz CT molecular complexity index is 1240. The molecule has 1 aliphatic heterocycles. The van der Waals surface area contributed by atoms with Crippen LogP contribution >= 0.6 is 24.4 Å². The maximum Gasteiger partial charge on any atom is 0.269 e. The predicted molar refractivity (Wildman–Crippen MR) is 146 cm³/mol. The molecular formula is C24H32N6O3S2. The number of aromatic nitrogens is 3. The zero-order valence-electron chi connectivity index (χ0n) is 19.7. The highest BCUT2D eigenvalue weighted by atomic mass is 32.2. The van der Waals surface area contributed by atoms with Crippen LogP contribution in [0.15, 0.2) is 41.4 Å². The van der Waals surface area contributed by atoms with Crippen LogP contribution in [-0.4, -0.2) is 64.5 Å². The molecule has 1 unspecified atom stereocenters. The first-order valence-electron chi connectivity index (χ1n) is 11.4. The average molecular weight is 517 g/mol. The summed E-state index contributed by atoms with van der Waals surface area (Å²) in [5.74, 6) is 1.28. The van der Waals surface area contributed by atoms with Crippen molar-refractivity contribution in [3.63, 3.8) is 0 Å². The molecule has 35 heavy (non-hydrogen) atoms. The van der Waals surface area contributed by atoms with Crippen molar-refractivity contribution >= 4 is 58.7 Å². The lowest BCUT2D eigenvalue weighted by Gasteiger charge is -2.20. The van der Waals surface area contributed by atoms with Crippen molar-refractivity contribution in [2.45, 2.75) is 29.9 Å². The number of anilines is 2. The molecule has 0 bridgehead atoms. The third kappa shape index (κ3) is 6.34. The fourth-order valence-electron chi connectivity index (χ4n) is 3.90. The Kier molecular flexibility index (Phi) is 8.29. The van der Waals surface area contributed by atoms with Crippen molar-refractivity contribution in [3.05, 3.63) is 42.2 Å². The Balaban J connectivity index is 0.00000241.